The smallest absolute Gasteiger partial charge is 0.233 e. The number of nitrogens with one attached hydrogen (secondary N) is 2. The van der Waals surface area contributed by atoms with Crippen LogP contribution >= 0.6 is 11.6 Å². The number of carbonyl (C=O) groups excluding carboxylic acids is 1. The number of nitrogens with two attached hydrogens (primary N) is 1. The fourth-order valence-corrected chi connectivity index (χ4v) is 2.06. The van der Waals surface area contributed by atoms with Gasteiger partial charge in [-0.3, -0.25) is 10.1 Å². The van der Waals surface area contributed by atoms with Crippen LogP contribution in [0.15, 0.2) is 30.6 Å². The minimum Gasteiger partial charge on any atom is -0.399 e. The highest BCUT2D eigenvalue weighted by atomic mass is 35.5. The first-order chi connectivity index (χ1) is 10.1. The number of anilines is 2. The van der Waals surface area contributed by atoms with E-state index < -0.39 is 0 Å². The second-order valence-corrected chi connectivity index (χ2v) is 4.76. The molecule has 0 radical (unpaired) electrons. The van der Waals surface area contributed by atoms with Gasteiger partial charge in [0.15, 0.2) is 10.8 Å². The fraction of sp³-hybridized carbons (Fsp3) is 0.0769. The van der Waals surface area contributed by atoms with Gasteiger partial charge in [0.1, 0.15) is 5.52 Å². The van der Waals surface area contributed by atoms with E-state index in [1.165, 1.54) is 6.33 Å². The number of aromatic amines is 1. The van der Waals surface area contributed by atoms with Crippen LogP contribution < -0.4 is 11.1 Å². The molecule has 0 spiro atoms. The van der Waals surface area contributed by atoms with Crippen molar-refractivity contribution in [2.24, 2.45) is 0 Å². The summed E-state index contributed by atoms with van der Waals surface area (Å²) in [5, 5.41) is 2.81. The van der Waals surface area contributed by atoms with Crippen LogP contribution in [0, 0.1) is 0 Å². The molecule has 0 atom stereocenters. The summed E-state index contributed by atoms with van der Waals surface area (Å²) in [4.78, 5) is 26.9. The van der Waals surface area contributed by atoms with Crippen LogP contribution in [0.4, 0.5) is 11.6 Å². The highest BCUT2D eigenvalue weighted by Crippen LogP contribution is 2.18. The van der Waals surface area contributed by atoms with Crippen molar-refractivity contribution < 1.29 is 4.79 Å². The van der Waals surface area contributed by atoms with Crippen molar-refractivity contribution in [1.29, 1.82) is 0 Å². The molecule has 0 fully saturated rings. The van der Waals surface area contributed by atoms with Gasteiger partial charge < -0.3 is 10.7 Å². The average Bonchev–Trinajstić information content (AvgIpc) is 2.90. The summed E-state index contributed by atoms with van der Waals surface area (Å²) < 4.78 is 0. The molecule has 106 valence electrons. The number of halogens is 1. The van der Waals surface area contributed by atoms with Gasteiger partial charge in [-0.2, -0.15) is 9.97 Å². The molecule has 21 heavy (non-hydrogen) atoms. The van der Waals surface area contributed by atoms with Crippen molar-refractivity contribution in [3.63, 3.8) is 0 Å². The van der Waals surface area contributed by atoms with Gasteiger partial charge in [-0.1, -0.05) is 23.7 Å². The Hall–Kier alpha value is -2.67. The third kappa shape index (κ3) is 2.92. The largest absolute Gasteiger partial charge is 0.399 e. The molecule has 0 aliphatic carbocycles. The van der Waals surface area contributed by atoms with Gasteiger partial charge in [0.05, 0.1) is 12.7 Å². The first kappa shape index (κ1) is 13.3. The number of carbonyl (C=O) groups is 1. The topological polar surface area (TPSA) is 110 Å². The number of nitrogens with zero attached hydrogens (tertiary/aromatic N) is 3. The van der Waals surface area contributed by atoms with E-state index in [-0.39, 0.29) is 23.4 Å². The molecule has 0 saturated heterocycles. The predicted molar refractivity (Wildman–Crippen MR) is 79.9 cm³/mol. The predicted octanol–water partition coefficient (Wildman–Crippen LogP) is 1.77. The zero-order valence-corrected chi connectivity index (χ0v) is 11.6. The molecule has 7 nitrogen and oxygen atoms in total. The molecule has 3 rings (SSSR count). The lowest BCUT2D eigenvalue weighted by Gasteiger charge is -2.04. The zero-order valence-electron chi connectivity index (χ0n) is 10.8. The van der Waals surface area contributed by atoms with Crippen LogP contribution in [0.1, 0.15) is 5.56 Å². The Balaban J connectivity index is 1.75. The Morgan fingerprint density at radius 2 is 2.05 bits per heavy atom. The van der Waals surface area contributed by atoms with E-state index in [0.29, 0.717) is 16.9 Å². The summed E-state index contributed by atoms with van der Waals surface area (Å²) in [5.41, 5.74) is 8.02. The summed E-state index contributed by atoms with van der Waals surface area (Å²) in [6, 6.07) is 7.07. The number of rotatable bonds is 3. The third-order valence-electron chi connectivity index (χ3n) is 2.84. The summed E-state index contributed by atoms with van der Waals surface area (Å²) in [6.45, 7) is 0. The number of fused-ring (bicyclic) bond motifs is 1. The standard InChI is InChI=1S/C13H11ClN6O/c14-11-10-12(17-6-16-10)20-13(19-11)18-9(21)5-7-1-3-8(15)4-2-7/h1-4,6H,5,15H2,(H2,16,17,18,19,20,21). The summed E-state index contributed by atoms with van der Waals surface area (Å²) in [6.07, 6.45) is 1.66. The molecule has 0 saturated carbocycles. The number of aromatic nitrogens is 4. The highest BCUT2D eigenvalue weighted by molar-refractivity contribution is 6.33. The van der Waals surface area contributed by atoms with Crippen molar-refractivity contribution in [2.75, 3.05) is 11.1 Å². The second-order valence-electron chi connectivity index (χ2n) is 4.41. The summed E-state index contributed by atoms with van der Waals surface area (Å²) in [7, 11) is 0. The molecule has 0 bridgehead atoms. The normalized spacial score (nSPS) is 10.7. The summed E-state index contributed by atoms with van der Waals surface area (Å²) >= 11 is 5.98. The van der Waals surface area contributed by atoms with Gasteiger partial charge >= 0.3 is 0 Å². The number of hydrogen-bond acceptors (Lipinski definition) is 5. The molecule has 0 aliphatic rings. The second kappa shape index (κ2) is 5.37. The maximum absolute atomic E-state index is 12.0. The Bertz CT molecular complexity index is 798. The van der Waals surface area contributed by atoms with Crippen molar-refractivity contribution >= 4 is 40.3 Å². The Kier molecular flexibility index (Phi) is 3.41. The van der Waals surface area contributed by atoms with E-state index in [9.17, 15) is 4.79 Å². The molecular formula is C13H11ClN6O. The maximum atomic E-state index is 12.0. The van der Waals surface area contributed by atoms with E-state index in [4.69, 9.17) is 17.3 Å². The van der Waals surface area contributed by atoms with E-state index >= 15 is 0 Å². The van der Waals surface area contributed by atoms with Gasteiger partial charge in [-0.25, -0.2) is 4.98 Å². The molecule has 8 heteroatoms. The van der Waals surface area contributed by atoms with Crippen molar-refractivity contribution in [3.8, 4) is 0 Å². The van der Waals surface area contributed by atoms with E-state index in [0.717, 1.165) is 5.56 Å². The van der Waals surface area contributed by atoms with E-state index in [1.54, 1.807) is 24.3 Å². The Morgan fingerprint density at radius 3 is 2.81 bits per heavy atom. The number of nitrogen functional groups attached to an aromatic ring is 1. The molecule has 0 unspecified atom stereocenters. The van der Waals surface area contributed by atoms with Crippen LogP contribution in [0.5, 0.6) is 0 Å². The van der Waals surface area contributed by atoms with Gasteiger partial charge in [-0.15, -0.1) is 0 Å². The monoisotopic (exact) mass is 302 g/mol. The number of amides is 1. The third-order valence-corrected chi connectivity index (χ3v) is 3.11. The van der Waals surface area contributed by atoms with Gasteiger partial charge in [0.25, 0.3) is 0 Å². The molecule has 1 aromatic carbocycles. The minimum absolute atomic E-state index is 0.125. The van der Waals surface area contributed by atoms with Crippen molar-refractivity contribution in [1.82, 2.24) is 19.9 Å². The minimum atomic E-state index is -0.245. The first-order valence-corrected chi connectivity index (χ1v) is 6.50. The lowest BCUT2D eigenvalue weighted by Crippen LogP contribution is -2.16. The van der Waals surface area contributed by atoms with Gasteiger partial charge in [-0.05, 0) is 17.7 Å². The van der Waals surface area contributed by atoms with Crippen LogP contribution in [0.25, 0.3) is 11.2 Å². The SMILES string of the molecule is Nc1ccc(CC(=O)Nc2nc(Cl)c3[nH]cnc3n2)cc1. The Morgan fingerprint density at radius 1 is 1.29 bits per heavy atom. The molecule has 4 N–H and O–H groups in total. The van der Waals surface area contributed by atoms with Crippen LogP contribution in [0.3, 0.4) is 0 Å². The van der Waals surface area contributed by atoms with Crippen LogP contribution in [-0.2, 0) is 11.2 Å². The van der Waals surface area contributed by atoms with Gasteiger partial charge in [0.2, 0.25) is 11.9 Å². The Labute approximate surface area is 124 Å². The van der Waals surface area contributed by atoms with Crippen molar-refractivity contribution in [3.05, 3.63) is 41.3 Å². The molecule has 2 heterocycles. The molecule has 0 aliphatic heterocycles. The molecule has 1 amide bonds. The van der Waals surface area contributed by atoms with Crippen molar-refractivity contribution in [2.45, 2.75) is 6.42 Å². The molecule has 3 aromatic rings. The average molecular weight is 303 g/mol. The quantitative estimate of drug-likeness (QED) is 0.504. The van der Waals surface area contributed by atoms with E-state index in [2.05, 4.69) is 25.3 Å². The highest BCUT2D eigenvalue weighted by Gasteiger charge is 2.11. The lowest BCUT2D eigenvalue weighted by atomic mass is 10.1. The number of hydrogen-bond donors (Lipinski definition) is 3. The molecular weight excluding hydrogens is 292 g/mol. The summed E-state index contributed by atoms with van der Waals surface area (Å²) in [5.74, 6) is -0.120. The number of imidazole rings is 1. The van der Waals surface area contributed by atoms with Gasteiger partial charge in [0, 0.05) is 5.69 Å². The van der Waals surface area contributed by atoms with Crippen LogP contribution in [-0.4, -0.2) is 25.8 Å². The number of H-pyrrole nitrogens is 1. The maximum Gasteiger partial charge on any atom is 0.233 e. The fourth-order valence-electron chi connectivity index (χ4n) is 1.84. The first-order valence-electron chi connectivity index (χ1n) is 6.13. The zero-order chi connectivity index (χ0) is 14.8. The molecule has 2 aromatic heterocycles. The van der Waals surface area contributed by atoms with E-state index in [1.807, 2.05) is 0 Å². The lowest BCUT2D eigenvalue weighted by molar-refractivity contribution is -0.115. The number of benzene rings is 1. The van der Waals surface area contributed by atoms with Crippen LogP contribution in [0.2, 0.25) is 5.15 Å².